The molecular formula is C13H15N3O3S. The van der Waals surface area contributed by atoms with E-state index in [9.17, 15) is 8.42 Å². The number of benzene rings is 1. The van der Waals surface area contributed by atoms with Crippen LogP contribution >= 0.6 is 0 Å². The van der Waals surface area contributed by atoms with Gasteiger partial charge in [0.15, 0.2) is 0 Å². The Kier molecular flexibility index (Phi) is 4.21. The first-order valence-corrected chi connectivity index (χ1v) is 7.33. The van der Waals surface area contributed by atoms with Crippen LogP contribution in [0.5, 0.6) is 5.75 Å². The van der Waals surface area contributed by atoms with Crippen molar-refractivity contribution < 1.29 is 13.2 Å². The molecule has 6 nitrogen and oxygen atoms in total. The van der Waals surface area contributed by atoms with Crippen LogP contribution < -0.4 is 15.2 Å². The number of hydrogen-bond acceptors (Lipinski definition) is 5. The van der Waals surface area contributed by atoms with Gasteiger partial charge < -0.3 is 10.5 Å². The van der Waals surface area contributed by atoms with E-state index in [0.29, 0.717) is 5.75 Å². The van der Waals surface area contributed by atoms with Gasteiger partial charge in [-0.15, -0.1) is 0 Å². The molecule has 2 rings (SSSR count). The molecule has 1 aromatic heterocycles. The minimum Gasteiger partial charge on any atom is -0.497 e. The van der Waals surface area contributed by atoms with Gasteiger partial charge in [-0.2, -0.15) is 0 Å². The Balaban J connectivity index is 2.11. The number of nitrogens with zero attached hydrogens (tertiary/aromatic N) is 1. The third kappa shape index (κ3) is 3.25. The normalized spacial score (nSPS) is 11.2. The van der Waals surface area contributed by atoms with Crippen LogP contribution in [-0.4, -0.2) is 20.5 Å². The van der Waals surface area contributed by atoms with Gasteiger partial charge in [0.2, 0.25) is 10.0 Å². The summed E-state index contributed by atoms with van der Waals surface area (Å²) in [5.41, 5.74) is 6.62. The van der Waals surface area contributed by atoms with Gasteiger partial charge in [-0.3, -0.25) is 4.98 Å². The summed E-state index contributed by atoms with van der Waals surface area (Å²) in [4.78, 5) is 3.75. The molecule has 0 atom stereocenters. The lowest BCUT2D eigenvalue weighted by molar-refractivity contribution is 0.414. The number of aromatic nitrogens is 1. The first-order valence-electron chi connectivity index (χ1n) is 5.85. The molecule has 7 heteroatoms. The number of nitrogen functional groups attached to an aromatic ring is 1. The zero-order chi connectivity index (χ0) is 14.6. The van der Waals surface area contributed by atoms with Gasteiger partial charge in [0.25, 0.3) is 0 Å². The van der Waals surface area contributed by atoms with Gasteiger partial charge in [0.1, 0.15) is 10.6 Å². The third-order valence-electron chi connectivity index (χ3n) is 2.73. The lowest BCUT2D eigenvalue weighted by Crippen LogP contribution is -2.24. The van der Waals surface area contributed by atoms with Crippen molar-refractivity contribution >= 4 is 15.7 Å². The van der Waals surface area contributed by atoms with E-state index in [1.165, 1.54) is 18.5 Å². The number of pyridine rings is 1. The molecule has 3 N–H and O–H groups in total. The number of nitrogens with one attached hydrogen (secondary N) is 1. The van der Waals surface area contributed by atoms with E-state index in [1.807, 2.05) is 0 Å². The molecule has 0 radical (unpaired) electrons. The standard InChI is InChI=1S/C13H15N3O3S/c1-19-11-4-2-10(3-5-11)8-16-20(17,18)13-9-15-7-6-12(13)14/h2-7,9,16H,8H2,1H3,(H2,14,15). The number of ether oxygens (including phenoxy) is 1. The summed E-state index contributed by atoms with van der Waals surface area (Å²) in [7, 11) is -2.10. The molecule has 0 unspecified atom stereocenters. The second-order valence-corrected chi connectivity index (χ2v) is 5.82. The van der Waals surface area contributed by atoms with Crippen molar-refractivity contribution in [3.05, 3.63) is 48.3 Å². The lowest BCUT2D eigenvalue weighted by Gasteiger charge is -2.09. The Bertz CT molecular complexity index is 684. The van der Waals surface area contributed by atoms with Gasteiger partial charge in [0.05, 0.1) is 12.8 Å². The van der Waals surface area contributed by atoms with E-state index in [1.54, 1.807) is 31.4 Å². The molecule has 0 spiro atoms. The first kappa shape index (κ1) is 14.3. The van der Waals surface area contributed by atoms with E-state index in [2.05, 4.69) is 9.71 Å². The van der Waals surface area contributed by atoms with Crippen molar-refractivity contribution in [1.82, 2.24) is 9.71 Å². The summed E-state index contributed by atoms with van der Waals surface area (Å²) in [5, 5.41) is 0. The van der Waals surface area contributed by atoms with Crippen LogP contribution in [0.25, 0.3) is 0 Å². The maximum atomic E-state index is 12.1. The molecule has 0 aliphatic carbocycles. The molecule has 0 saturated heterocycles. The Morgan fingerprint density at radius 1 is 1.25 bits per heavy atom. The topological polar surface area (TPSA) is 94.3 Å². The summed E-state index contributed by atoms with van der Waals surface area (Å²) >= 11 is 0. The van der Waals surface area contributed by atoms with E-state index in [0.717, 1.165) is 5.56 Å². The van der Waals surface area contributed by atoms with Gasteiger partial charge in [0, 0.05) is 18.9 Å². The first-order chi connectivity index (χ1) is 9.53. The molecule has 0 aliphatic rings. The zero-order valence-electron chi connectivity index (χ0n) is 10.9. The van der Waals surface area contributed by atoms with Gasteiger partial charge in [-0.1, -0.05) is 12.1 Å². The number of rotatable bonds is 5. The minimum atomic E-state index is -3.67. The second kappa shape index (κ2) is 5.89. The fraction of sp³-hybridized carbons (Fsp3) is 0.154. The largest absolute Gasteiger partial charge is 0.497 e. The fourth-order valence-electron chi connectivity index (χ4n) is 1.61. The molecule has 1 heterocycles. The van der Waals surface area contributed by atoms with Gasteiger partial charge in [-0.05, 0) is 23.8 Å². The summed E-state index contributed by atoms with van der Waals surface area (Å²) in [5.74, 6) is 0.716. The molecule has 0 amide bonds. The summed E-state index contributed by atoms with van der Waals surface area (Å²) in [6, 6.07) is 8.55. The predicted octanol–water partition coefficient (Wildman–Crippen LogP) is 1.15. The summed E-state index contributed by atoms with van der Waals surface area (Å²) in [6.45, 7) is 0.167. The van der Waals surface area contributed by atoms with Crippen LogP contribution in [0.1, 0.15) is 5.56 Å². The average molecular weight is 293 g/mol. The van der Waals surface area contributed by atoms with Crippen molar-refractivity contribution in [3.8, 4) is 5.75 Å². The van der Waals surface area contributed by atoms with E-state index in [-0.39, 0.29) is 17.1 Å². The smallest absolute Gasteiger partial charge is 0.244 e. The molecule has 1 aromatic carbocycles. The second-order valence-electron chi connectivity index (χ2n) is 4.09. The van der Waals surface area contributed by atoms with E-state index in [4.69, 9.17) is 10.5 Å². The number of anilines is 1. The zero-order valence-corrected chi connectivity index (χ0v) is 11.7. The highest BCUT2D eigenvalue weighted by atomic mass is 32.2. The molecule has 0 fully saturated rings. The highest BCUT2D eigenvalue weighted by Gasteiger charge is 2.16. The lowest BCUT2D eigenvalue weighted by atomic mass is 10.2. The molecular weight excluding hydrogens is 278 g/mol. The van der Waals surface area contributed by atoms with Crippen LogP contribution in [0.15, 0.2) is 47.6 Å². The molecule has 0 saturated carbocycles. The molecule has 0 aliphatic heterocycles. The van der Waals surface area contributed by atoms with Crippen LogP contribution in [0.3, 0.4) is 0 Å². The van der Waals surface area contributed by atoms with Crippen LogP contribution in [0, 0.1) is 0 Å². The number of nitrogens with two attached hydrogens (primary N) is 1. The van der Waals surface area contributed by atoms with Crippen molar-refractivity contribution in [3.63, 3.8) is 0 Å². The highest BCUT2D eigenvalue weighted by molar-refractivity contribution is 7.89. The van der Waals surface area contributed by atoms with E-state index < -0.39 is 10.0 Å². The quantitative estimate of drug-likeness (QED) is 0.862. The van der Waals surface area contributed by atoms with Crippen LogP contribution in [0.2, 0.25) is 0 Å². The van der Waals surface area contributed by atoms with Gasteiger partial charge in [-0.25, -0.2) is 13.1 Å². The Morgan fingerprint density at radius 2 is 1.95 bits per heavy atom. The Labute approximate surface area is 117 Å². The molecule has 2 aromatic rings. The van der Waals surface area contributed by atoms with Crippen LogP contribution in [0.4, 0.5) is 5.69 Å². The molecule has 106 valence electrons. The summed E-state index contributed by atoms with van der Waals surface area (Å²) < 4.78 is 31.7. The van der Waals surface area contributed by atoms with E-state index >= 15 is 0 Å². The predicted molar refractivity (Wildman–Crippen MR) is 75.7 cm³/mol. The van der Waals surface area contributed by atoms with Crippen molar-refractivity contribution in [1.29, 1.82) is 0 Å². The number of methoxy groups -OCH3 is 1. The highest BCUT2D eigenvalue weighted by Crippen LogP contribution is 2.16. The monoisotopic (exact) mass is 293 g/mol. The third-order valence-corrected chi connectivity index (χ3v) is 4.18. The maximum Gasteiger partial charge on any atom is 0.244 e. The minimum absolute atomic E-state index is 0.0199. The number of hydrogen-bond donors (Lipinski definition) is 2. The van der Waals surface area contributed by atoms with Crippen molar-refractivity contribution in [2.75, 3.05) is 12.8 Å². The van der Waals surface area contributed by atoms with Crippen LogP contribution in [-0.2, 0) is 16.6 Å². The molecule has 20 heavy (non-hydrogen) atoms. The number of sulfonamides is 1. The Hall–Kier alpha value is -2.12. The Morgan fingerprint density at radius 3 is 2.55 bits per heavy atom. The fourth-order valence-corrected chi connectivity index (χ4v) is 2.70. The molecule has 0 bridgehead atoms. The van der Waals surface area contributed by atoms with Crippen molar-refractivity contribution in [2.24, 2.45) is 0 Å². The SMILES string of the molecule is COc1ccc(CNS(=O)(=O)c2cnccc2N)cc1. The average Bonchev–Trinajstić information content (AvgIpc) is 2.46. The summed E-state index contributed by atoms with van der Waals surface area (Å²) in [6.07, 6.45) is 2.67. The van der Waals surface area contributed by atoms with Crippen molar-refractivity contribution in [2.45, 2.75) is 11.4 Å². The van der Waals surface area contributed by atoms with Gasteiger partial charge >= 0.3 is 0 Å². The maximum absolute atomic E-state index is 12.1.